The predicted octanol–water partition coefficient (Wildman–Crippen LogP) is 3.18. The van der Waals surface area contributed by atoms with Crippen LogP contribution in [0.5, 0.6) is 0 Å². The molecule has 0 aliphatic carbocycles. The molecule has 4 heteroatoms. The maximum atomic E-state index is 10.7. The van der Waals surface area contributed by atoms with Gasteiger partial charge in [0.25, 0.3) is 0 Å². The van der Waals surface area contributed by atoms with Crippen LogP contribution in [-0.4, -0.2) is 17.3 Å². The highest BCUT2D eigenvalue weighted by atomic mass is 79.9. The van der Waals surface area contributed by atoms with Gasteiger partial charge in [0.15, 0.2) is 0 Å². The van der Waals surface area contributed by atoms with Gasteiger partial charge < -0.3 is 5.11 Å². The maximum Gasteiger partial charge on any atom is 0.335 e. The molecular formula is C9H9BrO2S. The van der Waals surface area contributed by atoms with E-state index in [1.807, 2.05) is 12.3 Å². The number of thioether (sulfide) groups is 1. The quantitative estimate of drug-likeness (QED) is 0.831. The van der Waals surface area contributed by atoms with Gasteiger partial charge in [0.1, 0.15) is 0 Å². The summed E-state index contributed by atoms with van der Waals surface area (Å²) in [6, 6.07) is 3.44. The van der Waals surface area contributed by atoms with Gasteiger partial charge in [-0.25, -0.2) is 4.79 Å². The lowest BCUT2D eigenvalue weighted by Gasteiger charge is -2.06. The van der Waals surface area contributed by atoms with Crippen molar-refractivity contribution in [2.45, 2.75) is 11.8 Å². The Hall–Kier alpha value is -0.480. The summed E-state index contributed by atoms with van der Waals surface area (Å²) >= 11 is 4.97. The third-order valence-electron chi connectivity index (χ3n) is 1.80. The van der Waals surface area contributed by atoms with E-state index in [0.717, 1.165) is 14.9 Å². The van der Waals surface area contributed by atoms with Crippen LogP contribution in [0.1, 0.15) is 15.9 Å². The van der Waals surface area contributed by atoms with Crippen molar-refractivity contribution in [3.05, 3.63) is 27.7 Å². The topological polar surface area (TPSA) is 37.3 Å². The van der Waals surface area contributed by atoms with Crippen LogP contribution in [0.25, 0.3) is 0 Å². The molecule has 0 atom stereocenters. The van der Waals surface area contributed by atoms with Crippen LogP contribution in [0.3, 0.4) is 0 Å². The Morgan fingerprint density at radius 1 is 1.54 bits per heavy atom. The average molecular weight is 261 g/mol. The molecule has 70 valence electrons. The molecular weight excluding hydrogens is 252 g/mol. The lowest BCUT2D eigenvalue weighted by molar-refractivity contribution is 0.0696. The molecule has 2 nitrogen and oxygen atoms in total. The third-order valence-corrected chi connectivity index (χ3v) is 3.87. The molecule has 0 unspecified atom stereocenters. The fourth-order valence-electron chi connectivity index (χ4n) is 1.05. The Morgan fingerprint density at radius 2 is 2.15 bits per heavy atom. The standard InChI is InChI=1S/C9H9BrO2S/c1-5-6(9(11)12)3-4-7(13-2)8(5)10/h3-4H,1-2H3,(H,11,12). The van der Waals surface area contributed by atoms with Gasteiger partial charge in [-0.3, -0.25) is 0 Å². The Bertz CT molecular complexity index is 350. The van der Waals surface area contributed by atoms with Gasteiger partial charge in [0.05, 0.1) is 5.56 Å². The first-order chi connectivity index (χ1) is 6.07. The van der Waals surface area contributed by atoms with Gasteiger partial charge in [-0.05, 0) is 46.8 Å². The van der Waals surface area contributed by atoms with Crippen molar-refractivity contribution in [2.24, 2.45) is 0 Å². The van der Waals surface area contributed by atoms with Crippen molar-refractivity contribution >= 4 is 33.7 Å². The van der Waals surface area contributed by atoms with Gasteiger partial charge in [-0.1, -0.05) is 0 Å². The molecule has 0 aromatic heterocycles. The molecule has 1 aromatic rings. The summed E-state index contributed by atoms with van der Waals surface area (Å²) in [5.41, 5.74) is 1.13. The number of benzene rings is 1. The summed E-state index contributed by atoms with van der Waals surface area (Å²) in [5, 5.41) is 8.83. The molecule has 1 aromatic carbocycles. The van der Waals surface area contributed by atoms with Gasteiger partial charge in [0.2, 0.25) is 0 Å². The Kier molecular flexibility index (Phi) is 3.39. The van der Waals surface area contributed by atoms with Crippen molar-refractivity contribution in [1.29, 1.82) is 0 Å². The summed E-state index contributed by atoms with van der Waals surface area (Å²) in [6.07, 6.45) is 1.96. The largest absolute Gasteiger partial charge is 0.478 e. The highest BCUT2D eigenvalue weighted by Gasteiger charge is 2.11. The van der Waals surface area contributed by atoms with E-state index in [4.69, 9.17) is 5.11 Å². The molecule has 0 saturated heterocycles. The van der Waals surface area contributed by atoms with E-state index < -0.39 is 5.97 Å². The fourth-order valence-corrected chi connectivity index (χ4v) is 2.42. The first kappa shape index (κ1) is 10.6. The number of aromatic carboxylic acids is 1. The van der Waals surface area contributed by atoms with E-state index in [1.54, 1.807) is 24.8 Å². The number of hydrogen-bond acceptors (Lipinski definition) is 2. The van der Waals surface area contributed by atoms with Crippen molar-refractivity contribution in [1.82, 2.24) is 0 Å². The highest BCUT2D eigenvalue weighted by Crippen LogP contribution is 2.30. The molecule has 0 radical (unpaired) electrons. The number of hydrogen-bond donors (Lipinski definition) is 1. The van der Waals surface area contributed by atoms with Crippen molar-refractivity contribution < 1.29 is 9.90 Å². The Labute approximate surface area is 89.5 Å². The minimum atomic E-state index is -0.883. The summed E-state index contributed by atoms with van der Waals surface area (Å²) in [4.78, 5) is 11.8. The molecule has 1 rings (SSSR count). The molecule has 0 bridgehead atoms. The zero-order valence-electron chi connectivity index (χ0n) is 7.30. The maximum absolute atomic E-state index is 10.7. The lowest BCUT2D eigenvalue weighted by atomic mass is 10.1. The number of carboxylic acids is 1. The summed E-state index contributed by atoms with van der Waals surface area (Å²) in [6.45, 7) is 1.80. The van der Waals surface area contributed by atoms with Crippen LogP contribution in [0.15, 0.2) is 21.5 Å². The third kappa shape index (κ3) is 2.06. The highest BCUT2D eigenvalue weighted by molar-refractivity contribution is 9.10. The molecule has 0 aliphatic rings. The van der Waals surface area contributed by atoms with Gasteiger partial charge >= 0.3 is 5.97 Å². The average Bonchev–Trinajstić information content (AvgIpc) is 2.09. The van der Waals surface area contributed by atoms with Crippen LogP contribution in [-0.2, 0) is 0 Å². The number of carboxylic acid groups (broad SMARTS) is 1. The summed E-state index contributed by atoms with van der Waals surface area (Å²) < 4.78 is 0.875. The predicted molar refractivity (Wildman–Crippen MR) is 57.6 cm³/mol. The lowest BCUT2D eigenvalue weighted by Crippen LogP contribution is -2.00. The number of halogens is 1. The van der Waals surface area contributed by atoms with Crippen molar-refractivity contribution in [3.63, 3.8) is 0 Å². The second kappa shape index (κ2) is 4.15. The molecule has 0 saturated carbocycles. The van der Waals surface area contributed by atoms with Crippen LogP contribution in [0.4, 0.5) is 0 Å². The Balaban J connectivity index is 3.31. The molecule has 1 N–H and O–H groups in total. The van der Waals surface area contributed by atoms with Gasteiger partial charge in [-0.2, -0.15) is 0 Å². The summed E-state index contributed by atoms with van der Waals surface area (Å²) in [7, 11) is 0. The smallest absolute Gasteiger partial charge is 0.335 e. The first-order valence-electron chi connectivity index (χ1n) is 3.64. The molecule has 0 amide bonds. The van der Waals surface area contributed by atoms with E-state index in [9.17, 15) is 4.79 Å². The normalized spacial score (nSPS) is 10.1. The second-order valence-electron chi connectivity index (χ2n) is 2.56. The van der Waals surface area contributed by atoms with Crippen LogP contribution in [0, 0.1) is 6.92 Å². The van der Waals surface area contributed by atoms with Crippen molar-refractivity contribution in [2.75, 3.05) is 6.26 Å². The van der Waals surface area contributed by atoms with E-state index in [1.165, 1.54) is 0 Å². The Morgan fingerprint density at radius 3 is 2.62 bits per heavy atom. The van der Waals surface area contributed by atoms with Gasteiger partial charge in [-0.15, -0.1) is 11.8 Å². The monoisotopic (exact) mass is 260 g/mol. The molecule has 0 spiro atoms. The molecule has 13 heavy (non-hydrogen) atoms. The van der Waals surface area contributed by atoms with Crippen LogP contribution >= 0.6 is 27.7 Å². The minimum Gasteiger partial charge on any atom is -0.478 e. The van der Waals surface area contributed by atoms with Gasteiger partial charge in [0, 0.05) is 9.37 Å². The second-order valence-corrected chi connectivity index (χ2v) is 4.20. The summed E-state index contributed by atoms with van der Waals surface area (Å²) in [5.74, 6) is -0.883. The zero-order chi connectivity index (χ0) is 10.0. The van der Waals surface area contributed by atoms with E-state index in [2.05, 4.69) is 15.9 Å². The first-order valence-corrected chi connectivity index (χ1v) is 5.66. The number of carbonyl (C=O) groups is 1. The molecule has 0 heterocycles. The van der Waals surface area contributed by atoms with Crippen LogP contribution < -0.4 is 0 Å². The fraction of sp³-hybridized carbons (Fsp3) is 0.222. The van der Waals surface area contributed by atoms with E-state index in [-0.39, 0.29) is 0 Å². The minimum absolute atomic E-state index is 0.352. The van der Waals surface area contributed by atoms with E-state index >= 15 is 0 Å². The van der Waals surface area contributed by atoms with Crippen LogP contribution in [0.2, 0.25) is 0 Å². The SMILES string of the molecule is CSc1ccc(C(=O)O)c(C)c1Br. The van der Waals surface area contributed by atoms with Crippen molar-refractivity contribution in [3.8, 4) is 0 Å². The zero-order valence-corrected chi connectivity index (χ0v) is 9.70. The van der Waals surface area contributed by atoms with E-state index in [0.29, 0.717) is 5.56 Å². The number of rotatable bonds is 2. The molecule has 0 aliphatic heterocycles. The molecule has 0 fully saturated rings.